The minimum atomic E-state index is 0.133. The predicted octanol–water partition coefficient (Wildman–Crippen LogP) is 3.63. The summed E-state index contributed by atoms with van der Waals surface area (Å²) in [7, 11) is 0. The summed E-state index contributed by atoms with van der Waals surface area (Å²) in [6.45, 7) is 11.8. The normalized spacial score (nSPS) is 16.5. The Hall–Kier alpha value is -1.81. The molecule has 2 heterocycles. The molecule has 1 amide bonds. The zero-order chi connectivity index (χ0) is 18.0. The van der Waals surface area contributed by atoms with Crippen molar-refractivity contribution in [3.8, 4) is 0 Å². The van der Waals surface area contributed by atoms with Crippen LogP contribution in [0.3, 0.4) is 0 Å². The van der Waals surface area contributed by atoms with Gasteiger partial charge in [0, 0.05) is 29.2 Å². The molecule has 0 bridgehead atoms. The number of carbonyl (C=O) groups excluding carboxylic acids is 1. The van der Waals surface area contributed by atoms with Crippen molar-refractivity contribution in [2.45, 2.75) is 59.4 Å². The van der Waals surface area contributed by atoms with Crippen LogP contribution in [0.25, 0.3) is 10.9 Å². The quantitative estimate of drug-likeness (QED) is 0.843. The summed E-state index contributed by atoms with van der Waals surface area (Å²) in [5.41, 5.74) is 5.96. The first kappa shape index (κ1) is 18.0. The van der Waals surface area contributed by atoms with Gasteiger partial charge in [-0.1, -0.05) is 19.1 Å². The number of carbonyl (C=O) groups is 1. The summed E-state index contributed by atoms with van der Waals surface area (Å²) >= 11 is 0. The highest BCUT2D eigenvalue weighted by Crippen LogP contribution is 2.27. The van der Waals surface area contributed by atoms with E-state index in [4.69, 9.17) is 0 Å². The molecule has 1 aromatic carbocycles. The molecule has 1 aliphatic heterocycles. The molecule has 25 heavy (non-hydrogen) atoms. The molecule has 136 valence electrons. The van der Waals surface area contributed by atoms with Crippen LogP contribution in [0.5, 0.6) is 0 Å². The lowest BCUT2D eigenvalue weighted by molar-refractivity contribution is -0.121. The number of nitrogens with zero attached hydrogens (tertiary/aromatic N) is 1. The molecule has 1 saturated heterocycles. The molecule has 4 nitrogen and oxygen atoms in total. The number of aryl methyl sites for hydroxylation is 3. The largest absolute Gasteiger partial charge is 0.358 e. The van der Waals surface area contributed by atoms with Crippen LogP contribution in [-0.4, -0.2) is 41.5 Å². The summed E-state index contributed by atoms with van der Waals surface area (Å²) in [5, 5.41) is 4.44. The molecular formula is C21H31N3O. The Morgan fingerprint density at radius 1 is 1.24 bits per heavy atom. The molecule has 0 spiro atoms. The van der Waals surface area contributed by atoms with Crippen molar-refractivity contribution in [2.24, 2.45) is 0 Å². The second kappa shape index (κ2) is 7.61. The van der Waals surface area contributed by atoms with Crippen LogP contribution in [0, 0.1) is 20.8 Å². The Morgan fingerprint density at radius 3 is 2.64 bits per heavy atom. The van der Waals surface area contributed by atoms with Gasteiger partial charge in [-0.3, -0.25) is 4.79 Å². The van der Waals surface area contributed by atoms with Gasteiger partial charge in [0.1, 0.15) is 0 Å². The Bertz CT molecular complexity index is 756. The average molecular weight is 341 g/mol. The van der Waals surface area contributed by atoms with Crippen molar-refractivity contribution < 1.29 is 4.79 Å². The second-order valence-corrected chi connectivity index (χ2v) is 7.52. The van der Waals surface area contributed by atoms with E-state index in [-0.39, 0.29) is 11.9 Å². The van der Waals surface area contributed by atoms with Crippen LogP contribution in [0.2, 0.25) is 0 Å². The third-order valence-electron chi connectivity index (χ3n) is 5.70. The number of nitrogens with one attached hydrogen (secondary N) is 2. The highest BCUT2D eigenvalue weighted by atomic mass is 16.1. The van der Waals surface area contributed by atoms with Gasteiger partial charge >= 0.3 is 0 Å². The number of hydrogen-bond acceptors (Lipinski definition) is 2. The van der Waals surface area contributed by atoms with Gasteiger partial charge in [0.2, 0.25) is 5.91 Å². The number of aromatic amines is 1. The van der Waals surface area contributed by atoms with E-state index in [1.807, 2.05) is 0 Å². The van der Waals surface area contributed by atoms with Crippen molar-refractivity contribution in [1.29, 1.82) is 0 Å². The summed E-state index contributed by atoms with van der Waals surface area (Å²) in [5.74, 6) is 0.133. The summed E-state index contributed by atoms with van der Waals surface area (Å²) in [6.07, 6.45) is 4.01. The Balaban J connectivity index is 1.71. The SMILES string of the molecule is CC[C@@H](CN1CCCC1)NC(=O)Cc1c(C)[nH]c2c(C)c(C)ccc12. The average Bonchev–Trinajstić information content (AvgIpc) is 3.19. The van der Waals surface area contributed by atoms with Gasteiger partial charge in [-0.25, -0.2) is 0 Å². The number of amides is 1. The fourth-order valence-electron chi connectivity index (χ4n) is 3.91. The third kappa shape index (κ3) is 3.90. The fraction of sp³-hybridized carbons (Fsp3) is 0.571. The van der Waals surface area contributed by atoms with Crippen LogP contribution in [0.1, 0.15) is 48.6 Å². The van der Waals surface area contributed by atoms with Crippen molar-refractivity contribution >= 4 is 16.8 Å². The smallest absolute Gasteiger partial charge is 0.224 e. The highest BCUT2D eigenvalue weighted by molar-refractivity contribution is 5.92. The number of H-pyrrole nitrogens is 1. The molecule has 1 atom stereocenters. The van der Waals surface area contributed by atoms with Gasteiger partial charge in [0.25, 0.3) is 0 Å². The van der Waals surface area contributed by atoms with E-state index in [1.165, 1.54) is 48.0 Å². The van der Waals surface area contributed by atoms with Gasteiger partial charge in [0.15, 0.2) is 0 Å². The molecule has 1 fully saturated rings. The van der Waals surface area contributed by atoms with E-state index in [0.29, 0.717) is 6.42 Å². The van der Waals surface area contributed by atoms with Gasteiger partial charge in [-0.05, 0) is 69.8 Å². The van der Waals surface area contributed by atoms with Crippen LogP contribution in [-0.2, 0) is 11.2 Å². The van der Waals surface area contributed by atoms with Crippen LogP contribution in [0.4, 0.5) is 0 Å². The molecule has 3 rings (SSSR count). The lowest BCUT2D eigenvalue weighted by Gasteiger charge is -2.23. The lowest BCUT2D eigenvalue weighted by Crippen LogP contribution is -2.43. The van der Waals surface area contributed by atoms with Crippen molar-refractivity contribution in [1.82, 2.24) is 15.2 Å². The maximum Gasteiger partial charge on any atom is 0.224 e. The predicted molar refractivity (Wildman–Crippen MR) is 104 cm³/mol. The third-order valence-corrected chi connectivity index (χ3v) is 5.70. The maximum atomic E-state index is 12.7. The first-order valence-electron chi connectivity index (χ1n) is 9.58. The molecule has 0 unspecified atom stereocenters. The lowest BCUT2D eigenvalue weighted by atomic mass is 10.0. The van der Waals surface area contributed by atoms with Crippen molar-refractivity contribution in [3.05, 3.63) is 34.5 Å². The molecule has 1 aromatic heterocycles. The Morgan fingerprint density at radius 2 is 1.96 bits per heavy atom. The number of benzene rings is 1. The number of fused-ring (bicyclic) bond motifs is 1. The monoisotopic (exact) mass is 341 g/mol. The molecule has 0 saturated carbocycles. The van der Waals surface area contributed by atoms with E-state index < -0.39 is 0 Å². The summed E-state index contributed by atoms with van der Waals surface area (Å²) < 4.78 is 0. The summed E-state index contributed by atoms with van der Waals surface area (Å²) in [6, 6.07) is 4.54. The van der Waals surface area contributed by atoms with E-state index in [1.54, 1.807) is 0 Å². The zero-order valence-corrected chi connectivity index (χ0v) is 16.0. The van der Waals surface area contributed by atoms with E-state index >= 15 is 0 Å². The standard InChI is InChI=1S/C21H31N3O/c1-5-17(13-24-10-6-7-11-24)23-20(25)12-19-16(4)22-21-15(3)14(2)8-9-18(19)21/h8-9,17,22H,5-7,10-13H2,1-4H3,(H,23,25)/t17-/m0/s1. The number of likely N-dealkylation sites (tertiary alicyclic amines) is 1. The molecule has 4 heteroatoms. The number of hydrogen-bond donors (Lipinski definition) is 2. The fourth-order valence-corrected chi connectivity index (χ4v) is 3.91. The van der Waals surface area contributed by atoms with Gasteiger partial charge in [0.05, 0.1) is 6.42 Å². The van der Waals surface area contributed by atoms with Gasteiger partial charge < -0.3 is 15.2 Å². The summed E-state index contributed by atoms with van der Waals surface area (Å²) in [4.78, 5) is 18.6. The van der Waals surface area contributed by atoms with E-state index in [9.17, 15) is 4.79 Å². The molecule has 0 radical (unpaired) electrons. The minimum absolute atomic E-state index is 0.133. The Kier molecular flexibility index (Phi) is 5.48. The molecule has 2 aromatic rings. The van der Waals surface area contributed by atoms with E-state index in [0.717, 1.165) is 24.2 Å². The number of rotatable bonds is 6. The van der Waals surface area contributed by atoms with Crippen LogP contribution in [0.15, 0.2) is 12.1 Å². The van der Waals surface area contributed by atoms with Gasteiger partial charge in [-0.2, -0.15) is 0 Å². The van der Waals surface area contributed by atoms with Crippen LogP contribution < -0.4 is 5.32 Å². The van der Waals surface area contributed by atoms with Crippen LogP contribution >= 0.6 is 0 Å². The molecular weight excluding hydrogens is 310 g/mol. The van der Waals surface area contributed by atoms with Gasteiger partial charge in [-0.15, -0.1) is 0 Å². The second-order valence-electron chi connectivity index (χ2n) is 7.52. The zero-order valence-electron chi connectivity index (χ0n) is 16.0. The Labute approximate surface area is 151 Å². The highest BCUT2D eigenvalue weighted by Gasteiger charge is 2.19. The number of aromatic nitrogens is 1. The van der Waals surface area contributed by atoms with E-state index in [2.05, 4.69) is 55.0 Å². The van der Waals surface area contributed by atoms with Crippen molar-refractivity contribution in [3.63, 3.8) is 0 Å². The topological polar surface area (TPSA) is 48.1 Å². The first-order valence-corrected chi connectivity index (χ1v) is 9.58. The first-order chi connectivity index (χ1) is 12.0. The molecule has 0 aliphatic carbocycles. The maximum absolute atomic E-state index is 12.7. The van der Waals surface area contributed by atoms with Crippen molar-refractivity contribution in [2.75, 3.05) is 19.6 Å². The molecule has 1 aliphatic rings. The minimum Gasteiger partial charge on any atom is -0.358 e. The molecule has 2 N–H and O–H groups in total.